The topological polar surface area (TPSA) is 66.0 Å². The maximum absolute atomic E-state index is 11.8. The van der Waals surface area contributed by atoms with Crippen LogP contribution in [-0.2, 0) is 0 Å². The molecule has 0 aliphatic rings. The quantitative estimate of drug-likeness (QED) is 0.586. The Balaban J connectivity index is 1.89. The van der Waals surface area contributed by atoms with Gasteiger partial charge in [-0.25, -0.2) is 0 Å². The van der Waals surface area contributed by atoms with Crippen molar-refractivity contribution in [1.82, 2.24) is 15.8 Å². The number of aryl methyl sites for hydroxylation is 1. The van der Waals surface area contributed by atoms with Crippen LogP contribution in [0.3, 0.4) is 0 Å². The van der Waals surface area contributed by atoms with Crippen LogP contribution in [-0.4, -0.2) is 16.0 Å². The molecular weight excluding hydrogens is 308 g/mol. The maximum Gasteiger partial charge on any atom is 0.271 e. The molecule has 1 heterocycles. The number of thiocarbonyl (C=S) groups is 1. The molecule has 0 bridgehead atoms. The Morgan fingerprint density at radius 2 is 2.10 bits per heavy atom. The first kappa shape index (κ1) is 15.2. The number of halogens is 1. The van der Waals surface area contributed by atoms with E-state index < -0.39 is 0 Å². The number of rotatable bonds is 2. The highest BCUT2D eigenvalue weighted by Gasteiger charge is 2.06. The van der Waals surface area contributed by atoms with Crippen molar-refractivity contribution >= 4 is 40.5 Å². The normalized spacial score (nSPS) is 9.81. The van der Waals surface area contributed by atoms with E-state index in [9.17, 15) is 4.79 Å². The molecule has 0 unspecified atom stereocenters. The molecule has 7 heteroatoms. The van der Waals surface area contributed by atoms with Gasteiger partial charge in [-0.15, -0.1) is 0 Å². The minimum Gasteiger partial charge on any atom is -0.331 e. The van der Waals surface area contributed by atoms with Crippen molar-refractivity contribution in [2.75, 3.05) is 5.32 Å². The van der Waals surface area contributed by atoms with Gasteiger partial charge in [0.05, 0.1) is 5.56 Å². The summed E-state index contributed by atoms with van der Waals surface area (Å²) in [5, 5.41) is 3.91. The molecule has 2 aromatic rings. The van der Waals surface area contributed by atoms with Crippen LogP contribution in [0, 0.1) is 6.92 Å². The summed E-state index contributed by atoms with van der Waals surface area (Å²) < 4.78 is 0. The number of nitrogens with zero attached hydrogens (tertiary/aromatic N) is 1. The lowest BCUT2D eigenvalue weighted by atomic mass is 10.2. The summed E-state index contributed by atoms with van der Waals surface area (Å²) in [5.41, 5.74) is 7.32. The van der Waals surface area contributed by atoms with Gasteiger partial charge in [-0.3, -0.25) is 20.6 Å². The zero-order valence-corrected chi connectivity index (χ0v) is 12.8. The molecule has 21 heavy (non-hydrogen) atoms. The van der Waals surface area contributed by atoms with Crippen molar-refractivity contribution in [1.29, 1.82) is 0 Å². The molecule has 0 fully saturated rings. The number of hydrogen-bond acceptors (Lipinski definition) is 3. The second-order valence-electron chi connectivity index (χ2n) is 4.23. The number of pyridine rings is 1. The van der Waals surface area contributed by atoms with E-state index in [0.717, 1.165) is 11.3 Å². The third-order valence-electron chi connectivity index (χ3n) is 2.65. The number of anilines is 1. The highest BCUT2D eigenvalue weighted by molar-refractivity contribution is 7.80. The molecule has 0 atom stereocenters. The van der Waals surface area contributed by atoms with Crippen molar-refractivity contribution in [3.8, 4) is 0 Å². The summed E-state index contributed by atoms with van der Waals surface area (Å²) in [4.78, 5) is 15.7. The minimum atomic E-state index is -0.319. The number of carbonyl (C=O) groups is 1. The summed E-state index contributed by atoms with van der Waals surface area (Å²) in [6, 6.07) is 8.73. The molecule has 1 aromatic heterocycles. The Kier molecular flexibility index (Phi) is 5.08. The van der Waals surface area contributed by atoms with E-state index in [0.29, 0.717) is 10.6 Å². The lowest BCUT2D eigenvalue weighted by molar-refractivity contribution is 0.0944. The van der Waals surface area contributed by atoms with E-state index in [4.69, 9.17) is 23.8 Å². The molecule has 0 spiro atoms. The second-order valence-corrected chi connectivity index (χ2v) is 5.08. The summed E-state index contributed by atoms with van der Waals surface area (Å²) in [6.45, 7) is 1.91. The minimum absolute atomic E-state index is 0.276. The summed E-state index contributed by atoms with van der Waals surface area (Å²) in [5.74, 6) is -0.319. The SMILES string of the molecule is Cc1cc(Cl)ccc1NC(=S)NNC(=O)c1cccnc1. The molecule has 2 rings (SSSR count). The van der Waals surface area contributed by atoms with E-state index in [1.807, 2.05) is 19.1 Å². The van der Waals surface area contributed by atoms with Gasteiger partial charge in [0.25, 0.3) is 5.91 Å². The molecular formula is C14H13ClN4OS. The van der Waals surface area contributed by atoms with Gasteiger partial charge in [-0.1, -0.05) is 11.6 Å². The van der Waals surface area contributed by atoms with Gasteiger partial charge >= 0.3 is 0 Å². The van der Waals surface area contributed by atoms with Gasteiger partial charge in [-0.05, 0) is 55.0 Å². The highest BCUT2D eigenvalue weighted by atomic mass is 35.5. The molecule has 1 aromatic carbocycles. The largest absolute Gasteiger partial charge is 0.331 e. The third-order valence-corrected chi connectivity index (χ3v) is 3.09. The zero-order chi connectivity index (χ0) is 15.2. The van der Waals surface area contributed by atoms with Crippen LogP contribution in [0.15, 0.2) is 42.7 Å². The standard InChI is InChI=1S/C14H13ClN4OS/c1-9-7-11(15)4-5-12(9)17-14(21)19-18-13(20)10-3-2-6-16-8-10/h2-8H,1H3,(H,18,20)(H2,17,19,21). The van der Waals surface area contributed by atoms with Gasteiger partial charge in [0, 0.05) is 23.1 Å². The summed E-state index contributed by atoms with van der Waals surface area (Å²) >= 11 is 11.0. The van der Waals surface area contributed by atoms with Gasteiger partial charge in [0.15, 0.2) is 5.11 Å². The molecule has 0 saturated heterocycles. The average molecular weight is 321 g/mol. The Labute approximate surface area is 132 Å². The Hall–Kier alpha value is -2.18. The second kappa shape index (κ2) is 7.01. The Bertz CT molecular complexity index is 663. The number of amides is 1. The number of nitrogens with one attached hydrogen (secondary N) is 3. The first-order chi connectivity index (χ1) is 10.1. The van der Waals surface area contributed by atoms with E-state index >= 15 is 0 Å². The third kappa shape index (κ3) is 4.40. The number of hydrogen-bond donors (Lipinski definition) is 3. The van der Waals surface area contributed by atoms with Crippen molar-refractivity contribution in [2.24, 2.45) is 0 Å². The molecule has 108 valence electrons. The Morgan fingerprint density at radius 1 is 1.29 bits per heavy atom. The molecule has 0 aliphatic heterocycles. The molecule has 1 amide bonds. The van der Waals surface area contributed by atoms with E-state index in [1.54, 1.807) is 24.4 Å². The molecule has 5 nitrogen and oxygen atoms in total. The lowest BCUT2D eigenvalue weighted by Crippen LogP contribution is -2.43. The van der Waals surface area contributed by atoms with Crippen LogP contribution in [0.2, 0.25) is 5.02 Å². The van der Waals surface area contributed by atoms with E-state index in [1.165, 1.54) is 6.20 Å². The van der Waals surface area contributed by atoms with Gasteiger partial charge < -0.3 is 5.32 Å². The highest BCUT2D eigenvalue weighted by Crippen LogP contribution is 2.19. The van der Waals surface area contributed by atoms with E-state index in [-0.39, 0.29) is 11.0 Å². The van der Waals surface area contributed by atoms with Crippen LogP contribution < -0.4 is 16.2 Å². The number of hydrazine groups is 1. The fourth-order valence-electron chi connectivity index (χ4n) is 1.60. The Morgan fingerprint density at radius 3 is 2.76 bits per heavy atom. The van der Waals surface area contributed by atoms with Crippen molar-refractivity contribution < 1.29 is 4.79 Å². The molecule has 0 aliphatic carbocycles. The van der Waals surface area contributed by atoms with Gasteiger partial charge in [-0.2, -0.15) is 0 Å². The van der Waals surface area contributed by atoms with E-state index in [2.05, 4.69) is 21.2 Å². The number of aromatic nitrogens is 1. The molecule has 0 radical (unpaired) electrons. The summed E-state index contributed by atoms with van der Waals surface area (Å²) in [7, 11) is 0. The van der Waals surface area contributed by atoms with Gasteiger partial charge in [0.1, 0.15) is 0 Å². The predicted octanol–water partition coefficient (Wildman–Crippen LogP) is 2.67. The lowest BCUT2D eigenvalue weighted by Gasteiger charge is -2.13. The van der Waals surface area contributed by atoms with Crippen LogP contribution in [0.1, 0.15) is 15.9 Å². The summed E-state index contributed by atoms with van der Waals surface area (Å²) in [6.07, 6.45) is 3.07. The molecule has 0 saturated carbocycles. The first-order valence-electron chi connectivity index (χ1n) is 6.10. The maximum atomic E-state index is 11.8. The number of benzene rings is 1. The fraction of sp³-hybridized carbons (Fsp3) is 0.0714. The number of carbonyl (C=O) groups excluding carboxylic acids is 1. The van der Waals surface area contributed by atoms with Crippen molar-refractivity contribution in [3.05, 3.63) is 58.9 Å². The van der Waals surface area contributed by atoms with Crippen LogP contribution in [0.4, 0.5) is 5.69 Å². The molecule has 3 N–H and O–H groups in total. The van der Waals surface area contributed by atoms with Crippen molar-refractivity contribution in [3.63, 3.8) is 0 Å². The average Bonchev–Trinajstić information content (AvgIpc) is 2.48. The smallest absolute Gasteiger partial charge is 0.271 e. The van der Waals surface area contributed by atoms with Crippen LogP contribution in [0.25, 0.3) is 0 Å². The van der Waals surface area contributed by atoms with Gasteiger partial charge in [0.2, 0.25) is 0 Å². The fourth-order valence-corrected chi connectivity index (χ4v) is 1.99. The van der Waals surface area contributed by atoms with Crippen LogP contribution in [0.5, 0.6) is 0 Å². The van der Waals surface area contributed by atoms with Crippen molar-refractivity contribution in [2.45, 2.75) is 6.92 Å². The first-order valence-corrected chi connectivity index (χ1v) is 6.88. The predicted molar refractivity (Wildman–Crippen MR) is 87.2 cm³/mol. The van der Waals surface area contributed by atoms with Crippen LogP contribution >= 0.6 is 23.8 Å². The monoisotopic (exact) mass is 320 g/mol. The zero-order valence-electron chi connectivity index (χ0n) is 11.2.